The molecule has 118 valence electrons. The van der Waals surface area contributed by atoms with Crippen LogP contribution in [0.25, 0.3) is 22.7 Å². The lowest BCUT2D eigenvalue weighted by Crippen LogP contribution is -1.92. The molecule has 0 bridgehead atoms. The monoisotopic (exact) mass is 318 g/mol. The number of fused-ring (bicyclic) bond motifs is 1. The van der Waals surface area contributed by atoms with Crippen LogP contribution in [0.4, 0.5) is 5.69 Å². The van der Waals surface area contributed by atoms with Gasteiger partial charge in [-0.1, -0.05) is 12.1 Å². The Labute approximate surface area is 138 Å². The average molecular weight is 318 g/mol. The van der Waals surface area contributed by atoms with Gasteiger partial charge >= 0.3 is 0 Å². The Morgan fingerprint density at radius 1 is 1.29 bits per heavy atom. The molecule has 0 radical (unpaired) electrons. The highest BCUT2D eigenvalue weighted by Crippen LogP contribution is 2.25. The number of nitriles is 1. The van der Waals surface area contributed by atoms with Crippen LogP contribution in [0.5, 0.6) is 0 Å². The third kappa shape index (κ3) is 2.75. The SMILES string of the molecule is Cc1cc2nc(/C(C#N)=C\c3ccccc3[N+](=O)[O-])[nH]c2cc1C. The molecule has 2 aromatic carbocycles. The topological polar surface area (TPSA) is 95.6 Å². The van der Waals surface area contributed by atoms with Crippen LogP contribution in [-0.4, -0.2) is 14.9 Å². The number of nitrogens with one attached hydrogen (secondary N) is 1. The molecule has 6 heteroatoms. The van der Waals surface area contributed by atoms with Crippen molar-refractivity contribution in [1.29, 1.82) is 5.26 Å². The van der Waals surface area contributed by atoms with Gasteiger partial charge < -0.3 is 4.98 Å². The highest BCUT2D eigenvalue weighted by atomic mass is 16.6. The third-order valence-electron chi connectivity index (χ3n) is 3.91. The van der Waals surface area contributed by atoms with Crippen LogP contribution in [0, 0.1) is 35.3 Å². The normalized spacial score (nSPS) is 11.5. The molecule has 3 rings (SSSR count). The first-order valence-corrected chi connectivity index (χ1v) is 7.32. The van der Waals surface area contributed by atoms with Crippen molar-refractivity contribution in [2.75, 3.05) is 0 Å². The van der Waals surface area contributed by atoms with E-state index in [0.29, 0.717) is 11.4 Å². The maximum absolute atomic E-state index is 11.1. The van der Waals surface area contributed by atoms with Gasteiger partial charge in [0, 0.05) is 6.07 Å². The van der Waals surface area contributed by atoms with Gasteiger partial charge in [0.1, 0.15) is 11.9 Å². The maximum Gasteiger partial charge on any atom is 0.276 e. The van der Waals surface area contributed by atoms with Crippen molar-refractivity contribution in [1.82, 2.24) is 9.97 Å². The Hall–Kier alpha value is -3.46. The Bertz CT molecular complexity index is 986. The lowest BCUT2D eigenvalue weighted by Gasteiger charge is -1.98. The van der Waals surface area contributed by atoms with E-state index in [4.69, 9.17) is 0 Å². The quantitative estimate of drug-likeness (QED) is 0.445. The molecular weight excluding hydrogens is 304 g/mol. The largest absolute Gasteiger partial charge is 0.337 e. The summed E-state index contributed by atoms with van der Waals surface area (Å²) < 4.78 is 0. The van der Waals surface area contributed by atoms with Crippen molar-refractivity contribution in [2.45, 2.75) is 13.8 Å². The van der Waals surface area contributed by atoms with E-state index in [-0.39, 0.29) is 11.3 Å². The van der Waals surface area contributed by atoms with Gasteiger partial charge in [-0.3, -0.25) is 10.1 Å². The predicted molar refractivity (Wildman–Crippen MR) is 92.1 cm³/mol. The van der Waals surface area contributed by atoms with Crippen LogP contribution < -0.4 is 0 Å². The summed E-state index contributed by atoms with van der Waals surface area (Å²) >= 11 is 0. The number of para-hydroxylation sites is 1. The number of aromatic amines is 1. The van der Waals surface area contributed by atoms with Crippen LogP contribution in [0.1, 0.15) is 22.5 Å². The molecule has 0 saturated carbocycles. The second-order valence-electron chi connectivity index (χ2n) is 5.52. The summed E-state index contributed by atoms with van der Waals surface area (Å²) in [7, 11) is 0. The summed E-state index contributed by atoms with van der Waals surface area (Å²) in [5, 5.41) is 20.6. The van der Waals surface area contributed by atoms with Gasteiger partial charge in [-0.25, -0.2) is 4.98 Å². The van der Waals surface area contributed by atoms with Crippen LogP contribution in [-0.2, 0) is 0 Å². The molecule has 0 aliphatic carbocycles. The van der Waals surface area contributed by atoms with Crippen molar-refractivity contribution in [2.24, 2.45) is 0 Å². The minimum absolute atomic E-state index is 0.0481. The fraction of sp³-hybridized carbons (Fsp3) is 0.111. The van der Waals surface area contributed by atoms with Crippen LogP contribution in [0.3, 0.4) is 0 Å². The molecule has 1 aromatic heterocycles. The Kier molecular flexibility index (Phi) is 3.84. The average Bonchev–Trinajstić information content (AvgIpc) is 2.95. The molecule has 24 heavy (non-hydrogen) atoms. The molecule has 0 amide bonds. The molecule has 1 N–H and O–H groups in total. The smallest absolute Gasteiger partial charge is 0.276 e. The molecule has 0 aliphatic rings. The van der Waals surface area contributed by atoms with E-state index >= 15 is 0 Å². The number of allylic oxidation sites excluding steroid dienone is 1. The molecule has 0 aliphatic heterocycles. The Balaban J connectivity index is 2.13. The molecular formula is C18H14N4O2. The van der Waals surface area contributed by atoms with Gasteiger partial charge in [0.2, 0.25) is 0 Å². The summed E-state index contributed by atoms with van der Waals surface area (Å²) in [6, 6.07) is 12.3. The van der Waals surface area contributed by atoms with E-state index in [2.05, 4.69) is 16.0 Å². The highest BCUT2D eigenvalue weighted by Gasteiger charge is 2.14. The van der Waals surface area contributed by atoms with E-state index < -0.39 is 4.92 Å². The first-order chi connectivity index (χ1) is 11.5. The van der Waals surface area contributed by atoms with E-state index in [1.165, 1.54) is 12.1 Å². The van der Waals surface area contributed by atoms with Gasteiger partial charge in [0.15, 0.2) is 0 Å². The fourth-order valence-corrected chi connectivity index (χ4v) is 2.48. The zero-order valence-electron chi connectivity index (χ0n) is 13.2. The Morgan fingerprint density at radius 3 is 2.71 bits per heavy atom. The fourth-order valence-electron chi connectivity index (χ4n) is 2.48. The van der Waals surface area contributed by atoms with Crippen LogP contribution >= 0.6 is 0 Å². The van der Waals surface area contributed by atoms with E-state index in [0.717, 1.165) is 22.2 Å². The van der Waals surface area contributed by atoms with Crippen molar-refractivity contribution in [3.05, 3.63) is 69.0 Å². The minimum atomic E-state index is -0.466. The number of aromatic nitrogens is 2. The number of hydrogen-bond acceptors (Lipinski definition) is 4. The van der Waals surface area contributed by atoms with E-state index in [9.17, 15) is 15.4 Å². The molecule has 3 aromatic rings. The number of imidazole rings is 1. The van der Waals surface area contributed by atoms with Gasteiger partial charge in [-0.05, 0) is 49.2 Å². The number of nitro benzene ring substituents is 1. The number of H-pyrrole nitrogens is 1. The zero-order chi connectivity index (χ0) is 17.3. The van der Waals surface area contributed by atoms with Crippen LogP contribution in [0.15, 0.2) is 36.4 Å². The summed E-state index contributed by atoms with van der Waals surface area (Å²) in [5.74, 6) is 0.399. The number of benzene rings is 2. The van der Waals surface area contributed by atoms with Crippen molar-refractivity contribution >= 4 is 28.4 Å². The molecule has 0 atom stereocenters. The lowest BCUT2D eigenvalue weighted by atomic mass is 10.1. The predicted octanol–water partition coefficient (Wildman–Crippen LogP) is 4.15. The molecule has 1 heterocycles. The number of nitro groups is 1. The molecule has 0 fully saturated rings. The molecule has 0 spiro atoms. The van der Waals surface area contributed by atoms with Crippen molar-refractivity contribution in [3.63, 3.8) is 0 Å². The third-order valence-corrected chi connectivity index (χ3v) is 3.91. The standard InChI is InChI=1S/C18H14N4O2/c1-11-7-15-16(8-12(11)2)21-18(20-15)14(10-19)9-13-5-3-4-6-17(13)22(23)24/h3-9H,1-2H3,(H,20,21)/b14-9-. The summed E-state index contributed by atoms with van der Waals surface area (Å²) in [5.41, 5.74) is 4.39. The minimum Gasteiger partial charge on any atom is -0.337 e. The maximum atomic E-state index is 11.1. The van der Waals surface area contributed by atoms with Gasteiger partial charge in [0.05, 0.1) is 27.1 Å². The second kappa shape index (κ2) is 5.97. The number of nitrogens with zero attached hydrogens (tertiary/aromatic N) is 3. The summed E-state index contributed by atoms with van der Waals surface area (Å²) in [6.45, 7) is 4.00. The van der Waals surface area contributed by atoms with E-state index in [1.807, 2.05) is 26.0 Å². The lowest BCUT2D eigenvalue weighted by molar-refractivity contribution is -0.385. The molecule has 0 unspecified atom stereocenters. The summed E-state index contributed by atoms with van der Waals surface area (Å²) in [6.07, 6.45) is 1.48. The number of aryl methyl sites for hydroxylation is 2. The molecule has 6 nitrogen and oxygen atoms in total. The second-order valence-corrected chi connectivity index (χ2v) is 5.52. The van der Waals surface area contributed by atoms with Crippen molar-refractivity contribution in [3.8, 4) is 6.07 Å². The van der Waals surface area contributed by atoms with Gasteiger partial charge in [-0.15, -0.1) is 0 Å². The first-order valence-electron chi connectivity index (χ1n) is 7.32. The van der Waals surface area contributed by atoms with Crippen molar-refractivity contribution < 1.29 is 4.92 Å². The van der Waals surface area contributed by atoms with E-state index in [1.54, 1.807) is 18.2 Å². The van der Waals surface area contributed by atoms with Gasteiger partial charge in [0.25, 0.3) is 5.69 Å². The van der Waals surface area contributed by atoms with Crippen LogP contribution in [0.2, 0.25) is 0 Å². The number of rotatable bonds is 3. The Morgan fingerprint density at radius 2 is 2.00 bits per heavy atom. The zero-order valence-corrected chi connectivity index (χ0v) is 13.2. The highest BCUT2D eigenvalue weighted by molar-refractivity contribution is 5.91. The number of hydrogen-bond donors (Lipinski definition) is 1. The first kappa shape index (κ1) is 15.4. The summed E-state index contributed by atoms with van der Waals surface area (Å²) in [4.78, 5) is 18.2. The molecule has 0 saturated heterocycles. The van der Waals surface area contributed by atoms with Gasteiger partial charge in [-0.2, -0.15) is 5.26 Å².